The van der Waals surface area contributed by atoms with Crippen molar-refractivity contribution in [1.29, 1.82) is 0 Å². The summed E-state index contributed by atoms with van der Waals surface area (Å²) in [4.78, 5) is 13.0. The number of halogens is 3. The number of amides is 1. The normalized spacial score (nSPS) is 13.6. The Labute approximate surface area is 213 Å². The SMILES string of the molecule is Cc1ccc(C(=O)Nc2ccc(CNC(C)C)c(C(F)(F)F)c2)cc1N1C=C(c2cnn(C)c2C)NN1. The van der Waals surface area contributed by atoms with Gasteiger partial charge in [0.15, 0.2) is 0 Å². The number of hydrazine groups is 2. The van der Waals surface area contributed by atoms with Gasteiger partial charge in [-0.2, -0.15) is 18.3 Å². The van der Waals surface area contributed by atoms with Gasteiger partial charge in [-0.15, -0.1) is 5.53 Å². The molecular formula is C26H30F3N7O. The average molecular weight is 514 g/mol. The van der Waals surface area contributed by atoms with Crippen LogP contribution < -0.4 is 26.6 Å². The average Bonchev–Trinajstić information content (AvgIpc) is 3.44. The van der Waals surface area contributed by atoms with Crippen LogP contribution in [0.1, 0.15) is 52.2 Å². The first-order valence-corrected chi connectivity index (χ1v) is 11.8. The summed E-state index contributed by atoms with van der Waals surface area (Å²) in [5.74, 6) is -0.512. The van der Waals surface area contributed by atoms with Gasteiger partial charge in [0.05, 0.1) is 23.1 Å². The van der Waals surface area contributed by atoms with Gasteiger partial charge in [0.2, 0.25) is 0 Å². The highest BCUT2D eigenvalue weighted by molar-refractivity contribution is 6.05. The quantitative estimate of drug-likeness (QED) is 0.369. The summed E-state index contributed by atoms with van der Waals surface area (Å²) in [6.07, 6.45) is -0.931. The van der Waals surface area contributed by atoms with Gasteiger partial charge in [0.1, 0.15) is 0 Å². The Bertz CT molecular complexity index is 1340. The number of anilines is 2. The van der Waals surface area contributed by atoms with E-state index in [1.165, 1.54) is 12.1 Å². The largest absolute Gasteiger partial charge is 0.416 e. The van der Waals surface area contributed by atoms with Crippen molar-refractivity contribution in [3.8, 4) is 0 Å². The van der Waals surface area contributed by atoms with Crippen LogP contribution in [0, 0.1) is 13.8 Å². The number of nitrogens with zero attached hydrogens (tertiary/aromatic N) is 3. The van der Waals surface area contributed by atoms with E-state index in [0.29, 0.717) is 11.3 Å². The summed E-state index contributed by atoms with van der Waals surface area (Å²) in [6, 6.07) is 8.99. The van der Waals surface area contributed by atoms with Crippen LogP contribution in [0.4, 0.5) is 24.5 Å². The molecule has 0 fully saturated rings. The van der Waals surface area contributed by atoms with Gasteiger partial charge in [0.25, 0.3) is 5.91 Å². The summed E-state index contributed by atoms with van der Waals surface area (Å²) in [5.41, 5.74) is 10.2. The van der Waals surface area contributed by atoms with Crippen LogP contribution in [-0.2, 0) is 19.8 Å². The molecule has 0 saturated heterocycles. The van der Waals surface area contributed by atoms with Gasteiger partial charge in [-0.25, -0.2) is 0 Å². The first-order valence-electron chi connectivity index (χ1n) is 11.8. The number of nitrogens with one attached hydrogen (secondary N) is 4. The second-order valence-corrected chi connectivity index (χ2v) is 9.28. The van der Waals surface area contributed by atoms with Crippen LogP contribution in [0.2, 0.25) is 0 Å². The van der Waals surface area contributed by atoms with Crippen LogP contribution in [0.25, 0.3) is 5.70 Å². The van der Waals surface area contributed by atoms with Crippen molar-refractivity contribution in [2.45, 2.75) is 46.5 Å². The Morgan fingerprint density at radius 1 is 1.14 bits per heavy atom. The number of aromatic nitrogens is 2. The van der Waals surface area contributed by atoms with E-state index in [2.05, 4.69) is 26.7 Å². The zero-order valence-electron chi connectivity index (χ0n) is 21.3. The molecule has 1 aliphatic heterocycles. The molecule has 0 radical (unpaired) electrons. The molecule has 1 amide bonds. The zero-order chi connectivity index (χ0) is 26.9. The lowest BCUT2D eigenvalue weighted by atomic mass is 10.0. The van der Waals surface area contributed by atoms with Gasteiger partial charge in [0, 0.05) is 48.3 Å². The van der Waals surface area contributed by atoms with Crippen molar-refractivity contribution in [1.82, 2.24) is 26.1 Å². The Hall–Kier alpha value is -3.83. The molecular weight excluding hydrogens is 483 g/mol. The fraction of sp³-hybridized carbons (Fsp3) is 0.308. The van der Waals surface area contributed by atoms with Gasteiger partial charge < -0.3 is 16.1 Å². The molecule has 2 aromatic carbocycles. The number of alkyl halides is 3. The van der Waals surface area contributed by atoms with Crippen LogP contribution in [0.3, 0.4) is 0 Å². The molecule has 3 aromatic rings. The number of hydrogen-bond donors (Lipinski definition) is 4. The molecule has 0 aliphatic carbocycles. The molecule has 0 unspecified atom stereocenters. The lowest BCUT2D eigenvalue weighted by Gasteiger charge is -2.19. The maximum absolute atomic E-state index is 13.7. The van der Waals surface area contributed by atoms with E-state index in [4.69, 9.17) is 0 Å². The summed E-state index contributed by atoms with van der Waals surface area (Å²) < 4.78 is 42.9. The van der Waals surface area contributed by atoms with E-state index in [1.807, 2.05) is 40.9 Å². The maximum Gasteiger partial charge on any atom is 0.416 e. The smallest absolute Gasteiger partial charge is 0.322 e. The van der Waals surface area contributed by atoms with Gasteiger partial charge >= 0.3 is 6.18 Å². The van der Waals surface area contributed by atoms with E-state index >= 15 is 0 Å². The summed E-state index contributed by atoms with van der Waals surface area (Å²) in [5, 5.41) is 11.6. The standard InChI is InChI=1S/C26H30F3N7O/c1-15(2)30-12-19-8-9-20(11-22(19)26(27,28)29)32-25(37)18-7-6-16(3)24(10-18)36-14-23(33-34-36)21-13-31-35(5)17(21)4/h6-11,13-15,30,33-34H,12H2,1-5H3,(H,32,37). The minimum Gasteiger partial charge on any atom is -0.322 e. The molecule has 0 bridgehead atoms. The molecule has 0 saturated carbocycles. The highest BCUT2D eigenvalue weighted by Gasteiger charge is 2.33. The Balaban J connectivity index is 1.56. The van der Waals surface area contributed by atoms with E-state index in [1.54, 1.807) is 34.1 Å². The van der Waals surface area contributed by atoms with E-state index in [0.717, 1.165) is 28.6 Å². The maximum atomic E-state index is 13.7. The lowest BCUT2D eigenvalue weighted by Crippen LogP contribution is -2.36. The molecule has 4 rings (SSSR count). The van der Waals surface area contributed by atoms with Crippen LogP contribution in [0.15, 0.2) is 48.8 Å². The molecule has 0 atom stereocenters. The molecule has 4 N–H and O–H groups in total. The highest BCUT2D eigenvalue weighted by atomic mass is 19.4. The van der Waals surface area contributed by atoms with Gasteiger partial charge in [-0.05, 0) is 49.2 Å². The Morgan fingerprint density at radius 3 is 2.54 bits per heavy atom. The van der Waals surface area contributed by atoms with Crippen molar-refractivity contribution >= 4 is 23.0 Å². The van der Waals surface area contributed by atoms with Crippen molar-refractivity contribution in [3.63, 3.8) is 0 Å². The highest BCUT2D eigenvalue weighted by Crippen LogP contribution is 2.34. The second-order valence-electron chi connectivity index (χ2n) is 9.28. The van der Waals surface area contributed by atoms with Crippen molar-refractivity contribution in [2.75, 3.05) is 10.3 Å². The number of benzene rings is 2. The monoisotopic (exact) mass is 513 g/mol. The second kappa shape index (κ2) is 10.3. The van der Waals surface area contributed by atoms with Crippen molar-refractivity contribution < 1.29 is 18.0 Å². The van der Waals surface area contributed by atoms with Crippen LogP contribution in [-0.4, -0.2) is 21.7 Å². The number of carbonyl (C=O) groups is 1. The third-order valence-corrected chi connectivity index (χ3v) is 6.20. The predicted molar refractivity (Wildman–Crippen MR) is 137 cm³/mol. The zero-order valence-corrected chi connectivity index (χ0v) is 21.3. The van der Waals surface area contributed by atoms with Crippen molar-refractivity contribution in [3.05, 3.63) is 82.3 Å². The Morgan fingerprint density at radius 2 is 1.89 bits per heavy atom. The van der Waals surface area contributed by atoms with E-state index in [9.17, 15) is 18.0 Å². The predicted octanol–water partition coefficient (Wildman–Crippen LogP) is 4.63. The number of hydrogen-bond acceptors (Lipinski definition) is 6. The topological polar surface area (TPSA) is 86.2 Å². The lowest BCUT2D eigenvalue weighted by molar-refractivity contribution is -0.138. The fourth-order valence-electron chi connectivity index (χ4n) is 3.94. The third-order valence-electron chi connectivity index (χ3n) is 6.20. The summed E-state index contributed by atoms with van der Waals surface area (Å²) >= 11 is 0. The van der Waals surface area contributed by atoms with E-state index in [-0.39, 0.29) is 23.8 Å². The first-order chi connectivity index (χ1) is 17.4. The minimum atomic E-state index is -4.54. The molecule has 8 nitrogen and oxygen atoms in total. The summed E-state index contributed by atoms with van der Waals surface area (Å²) in [6.45, 7) is 7.66. The third kappa shape index (κ3) is 5.78. The fourth-order valence-corrected chi connectivity index (χ4v) is 3.94. The number of rotatable bonds is 7. The molecule has 1 aliphatic rings. The van der Waals surface area contributed by atoms with Gasteiger partial charge in [-0.1, -0.05) is 26.0 Å². The molecule has 0 spiro atoms. The van der Waals surface area contributed by atoms with E-state index < -0.39 is 17.6 Å². The molecule has 11 heteroatoms. The molecule has 2 heterocycles. The molecule has 1 aromatic heterocycles. The minimum absolute atomic E-state index is 0.0378. The first kappa shape index (κ1) is 26.2. The molecule has 196 valence electrons. The number of aryl methyl sites for hydroxylation is 2. The molecule has 37 heavy (non-hydrogen) atoms. The van der Waals surface area contributed by atoms with Crippen LogP contribution >= 0.6 is 0 Å². The summed E-state index contributed by atoms with van der Waals surface area (Å²) in [7, 11) is 1.86. The van der Waals surface area contributed by atoms with Crippen molar-refractivity contribution in [2.24, 2.45) is 7.05 Å². The van der Waals surface area contributed by atoms with Gasteiger partial charge in [-0.3, -0.25) is 14.5 Å². The van der Waals surface area contributed by atoms with Crippen LogP contribution in [0.5, 0.6) is 0 Å². The number of carbonyl (C=O) groups excluding carboxylic acids is 1. The Kier molecular flexibility index (Phi) is 7.28.